The number of nitrogens with zero attached hydrogens (tertiary/aromatic N) is 3. The summed E-state index contributed by atoms with van der Waals surface area (Å²) in [6.45, 7) is 9.90. The third-order valence-electron chi connectivity index (χ3n) is 5.52. The van der Waals surface area contributed by atoms with E-state index in [1.54, 1.807) is 4.31 Å². The predicted molar refractivity (Wildman–Crippen MR) is 123 cm³/mol. The second-order valence-corrected chi connectivity index (χ2v) is 11.4. The Morgan fingerprint density at radius 2 is 1.73 bits per heavy atom. The summed E-state index contributed by atoms with van der Waals surface area (Å²) in [5.41, 5.74) is 4.50. The lowest BCUT2D eigenvalue weighted by molar-refractivity contribution is 0.385. The maximum absolute atomic E-state index is 13.6. The van der Waals surface area contributed by atoms with Gasteiger partial charge in [-0.25, -0.2) is 8.42 Å². The number of anilines is 1. The number of rotatable bonds is 4. The number of aromatic amines is 1. The van der Waals surface area contributed by atoms with Crippen LogP contribution in [0.3, 0.4) is 0 Å². The zero-order valence-corrected chi connectivity index (χ0v) is 19.9. The number of halogens is 1. The van der Waals surface area contributed by atoms with Gasteiger partial charge in [0.25, 0.3) is 0 Å². The van der Waals surface area contributed by atoms with Gasteiger partial charge in [0.05, 0.1) is 5.69 Å². The van der Waals surface area contributed by atoms with Crippen LogP contribution in [0, 0.1) is 27.7 Å². The van der Waals surface area contributed by atoms with E-state index in [1.165, 1.54) is 11.3 Å². The minimum atomic E-state index is -3.63. The largest absolute Gasteiger partial charge is 0.369 e. The zero-order chi connectivity index (χ0) is 21.6. The molecule has 4 rings (SSSR count). The molecule has 3 heterocycles. The van der Waals surface area contributed by atoms with E-state index in [-0.39, 0.29) is 0 Å². The Labute approximate surface area is 186 Å². The average Bonchev–Trinajstić information content (AvgIpc) is 3.26. The fraction of sp³-hybridized carbons (Fsp3) is 0.381. The van der Waals surface area contributed by atoms with E-state index in [4.69, 9.17) is 11.6 Å². The molecular weight excluding hydrogens is 440 g/mol. The van der Waals surface area contributed by atoms with Crippen LogP contribution in [0.5, 0.6) is 0 Å². The van der Waals surface area contributed by atoms with Crippen molar-refractivity contribution in [3.63, 3.8) is 0 Å². The van der Waals surface area contributed by atoms with Gasteiger partial charge in [-0.2, -0.15) is 9.40 Å². The molecule has 2 aromatic heterocycles. The molecule has 3 aromatic rings. The lowest BCUT2D eigenvalue weighted by Crippen LogP contribution is -2.49. The third-order valence-corrected chi connectivity index (χ3v) is 8.97. The molecule has 0 unspecified atom stereocenters. The summed E-state index contributed by atoms with van der Waals surface area (Å²) in [6.07, 6.45) is 0. The summed E-state index contributed by atoms with van der Waals surface area (Å²) in [5.74, 6) is 0. The van der Waals surface area contributed by atoms with Gasteiger partial charge in [-0.05, 0) is 51.5 Å². The monoisotopic (exact) mass is 464 g/mol. The van der Waals surface area contributed by atoms with Crippen molar-refractivity contribution in [3.05, 3.63) is 50.3 Å². The van der Waals surface area contributed by atoms with Gasteiger partial charge in [-0.15, -0.1) is 11.3 Å². The number of H-pyrrole nitrogens is 1. The molecule has 1 N–H and O–H groups in total. The number of hydrogen-bond donors (Lipinski definition) is 1. The highest BCUT2D eigenvalue weighted by Gasteiger charge is 2.34. The molecule has 1 aliphatic rings. The van der Waals surface area contributed by atoms with Crippen molar-refractivity contribution in [3.8, 4) is 11.3 Å². The Hall–Kier alpha value is -1.87. The van der Waals surface area contributed by atoms with Gasteiger partial charge in [0.15, 0.2) is 0 Å². The van der Waals surface area contributed by atoms with Crippen molar-refractivity contribution in [1.29, 1.82) is 0 Å². The van der Waals surface area contributed by atoms with Crippen LogP contribution < -0.4 is 4.90 Å². The van der Waals surface area contributed by atoms with Gasteiger partial charge in [0, 0.05) is 57.9 Å². The first-order valence-electron chi connectivity index (χ1n) is 9.82. The Balaban J connectivity index is 1.63. The van der Waals surface area contributed by atoms with Gasteiger partial charge in [0.2, 0.25) is 10.0 Å². The molecule has 1 aromatic carbocycles. The molecule has 0 radical (unpaired) electrons. The number of aryl methyl sites for hydroxylation is 4. The highest BCUT2D eigenvalue weighted by atomic mass is 35.5. The van der Waals surface area contributed by atoms with E-state index in [0.717, 1.165) is 32.3 Å². The van der Waals surface area contributed by atoms with E-state index in [2.05, 4.69) is 15.1 Å². The molecular formula is C21H25ClN4O2S2. The topological polar surface area (TPSA) is 69.3 Å². The molecule has 0 bridgehead atoms. The fourth-order valence-corrected chi connectivity index (χ4v) is 7.45. The summed E-state index contributed by atoms with van der Waals surface area (Å²) in [6, 6.07) is 7.72. The molecule has 30 heavy (non-hydrogen) atoms. The summed E-state index contributed by atoms with van der Waals surface area (Å²) in [4.78, 5) is 4.36. The van der Waals surface area contributed by atoms with Crippen molar-refractivity contribution < 1.29 is 8.42 Å². The van der Waals surface area contributed by atoms with Crippen molar-refractivity contribution >= 4 is 38.6 Å². The lowest BCUT2D eigenvalue weighted by atomic mass is 10.1. The minimum Gasteiger partial charge on any atom is -0.369 e. The molecule has 0 aliphatic carbocycles. The molecule has 1 fully saturated rings. The van der Waals surface area contributed by atoms with Crippen LogP contribution >= 0.6 is 22.9 Å². The Morgan fingerprint density at radius 1 is 1.03 bits per heavy atom. The highest BCUT2D eigenvalue weighted by molar-refractivity contribution is 7.89. The van der Waals surface area contributed by atoms with Crippen LogP contribution in [0.2, 0.25) is 5.02 Å². The lowest BCUT2D eigenvalue weighted by Gasteiger charge is -2.36. The molecule has 1 saturated heterocycles. The van der Waals surface area contributed by atoms with Gasteiger partial charge in [-0.3, -0.25) is 5.10 Å². The van der Waals surface area contributed by atoms with E-state index in [1.807, 2.05) is 52.0 Å². The summed E-state index contributed by atoms with van der Waals surface area (Å²) in [7, 11) is -3.63. The van der Waals surface area contributed by atoms with Crippen LogP contribution in [0.1, 0.15) is 21.0 Å². The van der Waals surface area contributed by atoms with E-state index in [0.29, 0.717) is 41.8 Å². The van der Waals surface area contributed by atoms with Gasteiger partial charge in [0.1, 0.15) is 4.90 Å². The third kappa shape index (κ3) is 3.77. The first-order valence-corrected chi connectivity index (χ1v) is 12.5. The quantitative estimate of drug-likeness (QED) is 0.615. The van der Waals surface area contributed by atoms with E-state index >= 15 is 0 Å². The highest BCUT2D eigenvalue weighted by Crippen LogP contribution is 2.40. The molecule has 1 aliphatic heterocycles. The Bertz CT molecular complexity index is 1190. The summed E-state index contributed by atoms with van der Waals surface area (Å²) >= 11 is 7.68. The molecule has 0 saturated carbocycles. The van der Waals surface area contributed by atoms with Crippen LogP contribution in [-0.4, -0.2) is 49.1 Å². The molecule has 160 valence electrons. The molecule has 9 heteroatoms. The summed E-state index contributed by atoms with van der Waals surface area (Å²) in [5, 5.41) is 7.94. The Kier molecular flexibility index (Phi) is 5.69. The van der Waals surface area contributed by atoms with Crippen molar-refractivity contribution in [2.75, 3.05) is 31.1 Å². The van der Waals surface area contributed by atoms with Crippen LogP contribution in [0.25, 0.3) is 11.3 Å². The van der Waals surface area contributed by atoms with Gasteiger partial charge < -0.3 is 4.90 Å². The maximum Gasteiger partial charge on any atom is 0.244 e. The smallest absolute Gasteiger partial charge is 0.244 e. The Morgan fingerprint density at radius 3 is 2.37 bits per heavy atom. The SMILES string of the molecule is Cc1cc(-c2c(C)sc(C)c2S(=O)(=O)N2CCN(c3cc(Cl)ccc3C)CC2)n[nH]1. The number of aromatic nitrogens is 2. The molecule has 0 atom stereocenters. The number of benzene rings is 1. The van der Waals surface area contributed by atoms with Crippen LogP contribution in [0.4, 0.5) is 5.69 Å². The van der Waals surface area contributed by atoms with Crippen LogP contribution in [-0.2, 0) is 10.0 Å². The van der Waals surface area contributed by atoms with Crippen molar-refractivity contribution in [1.82, 2.24) is 14.5 Å². The number of nitrogens with one attached hydrogen (secondary N) is 1. The number of sulfonamides is 1. The fourth-order valence-electron chi connectivity index (χ4n) is 4.04. The predicted octanol–water partition coefficient (Wildman–Crippen LogP) is 4.54. The number of hydrogen-bond acceptors (Lipinski definition) is 5. The zero-order valence-electron chi connectivity index (χ0n) is 17.5. The standard InChI is InChI=1S/C21H25ClN4O2S2/c1-13-5-6-17(22)12-19(13)25-7-9-26(10-8-25)30(27,28)21-16(4)29-15(3)20(21)18-11-14(2)23-24-18/h5-6,11-12H,7-10H2,1-4H3,(H,23,24). The van der Waals surface area contributed by atoms with Crippen molar-refractivity contribution in [2.24, 2.45) is 0 Å². The second-order valence-electron chi connectivity index (χ2n) is 7.68. The van der Waals surface area contributed by atoms with Crippen LogP contribution in [0.15, 0.2) is 29.2 Å². The number of piperazine rings is 1. The van der Waals surface area contributed by atoms with E-state index < -0.39 is 10.0 Å². The minimum absolute atomic E-state index is 0.392. The normalized spacial score (nSPS) is 15.7. The van der Waals surface area contributed by atoms with Gasteiger partial charge in [-0.1, -0.05) is 17.7 Å². The first-order chi connectivity index (χ1) is 14.2. The van der Waals surface area contributed by atoms with Crippen molar-refractivity contribution in [2.45, 2.75) is 32.6 Å². The number of thiophene rings is 1. The summed E-state index contributed by atoms with van der Waals surface area (Å²) < 4.78 is 28.9. The molecule has 0 amide bonds. The second kappa shape index (κ2) is 8.00. The molecule has 0 spiro atoms. The maximum atomic E-state index is 13.6. The first kappa shape index (κ1) is 21.4. The van der Waals surface area contributed by atoms with E-state index in [9.17, 15) is 8.42 Å². The average molecular weight is 465 g/mol. The molecule has 6 nitrogen and oxygen atoms in total. The van der Waals surface area contributed by atoms with Gasteiger partial charge >= 0.3 is 0 Å².